The van der Waals surface area contributed by atoms with Crippen molar-refractivity contribution in [1.29, 1.82) is 0 Å². The number of ketones is 1. The topological polar surface area (TPSA) is 69.0 Å². The van der Waals surface area contributed by atoms with Crippen molar-refractivity contribution >= 4 is 26.8 Å². The molecule has 0 aliphatic carbocycles. The molecule has 0 N–H and O–H groups in total. The number of hydrogen-bond acceptors (Lipinski definition) is 4. The Morgan fingerprint density at radius 2 is 1.50 bits per heavy atom. The number of pyridine rings is 1. The summed E-state index contributed by atoms with van der Waals surface area (Å²) in [7, 11) is -3.97. The number of rotatable bonds is 4. The highest BCUT2D eigenvalue weighted by atomic mass is 32.2. The monoisotopic (exact) mass is 362 g/mol. The summed E-state index contributed by atoms with van der Waals surface area (Å²) >= 11 is 0. The molecule has 0 aliphatic rings. The van der Waals surface area contributed by atoms with Crippen LogP contribution in [0.3, 0.4) is 0 Å². The van der Waals surface area contributed by atoms with Gasteiger partial charge in [-0.3, -0.25) is 4.79 Å². The van der Waals surface area contributed by atoms with Crippen LogP contribution >= 0.6 is 0 Å². The SMILES string of the molecule is O=C(c1ccccc1)c1cc2cccnc2n1S(=O)(=O)c1ccccc1. The van der Waals surface area contributed by atoms with Gasteiger partial charge in [-0.15, -0.1) is 0 Å². The third-order valence-electron chi connectivity index (χ3n) is 4.07. The second-order valence-electron chi connectivity index (χ2n) is 5.72. The Hall–Kier alpha value is -3.25. The van der Waals surface area contributed by atoms with E-state index < -0.39 is 10.0 Å². The zero-order valence-electron chi connectivity index (χ0n) is 13.6. The molecule has 0 radical (unpaired) electrons. The van der Waals surface area contributed by atoms with Crippen molar-refractivity contribution in [3.05, 3.63) is 96.3 Å². The van der Waals surface area contributed by atoms with Gasteiger partial charge in [0.25, 0.3) is 10.0 Å². The van der Waals surface area contributed by atoms with Gasteiger partial charge in [-0.05, 0) is 30.3 Å². The lowest BCUT2D eigenvalue weighted by Crippen LogP contribution is -2.19. The second kappa shape index (κ2) is 6.24. The number of nitrogens with zero attached hydrogens (tertiary/aromatic N) is 2. The molecular formula is C20H14N2O3S. The van der Waals surface area contributed by atoms with E-state index in [-0.39, 0.29) is 22.0 Å². The molecule has 2 aromatic carbocycles. The fourth-order valence-corrected chi connectivity index (χ4v) is 4.33. The maximum Gasteiger partial charge on any atom is 0.270 e. The summed E-state index contributed by atoms with van der Waals surface area (Å²) in [6, 6.07) is 21.6. The second-order valence-corrected chi connectivity index (χ2v) is 7.51. The van der Waals surface area contributed by atoms with E-state index in [9.17, 15) is 13.2 Å². The van der Waals surface area contributed by atoms with E-state index in [4.69, 9.17) is 0 Å². The van der Waals surface area contributed by atoms with Crippen molar-refractivity contribution in [2.45, 2.75) is 4.90 Å². The lowest BCUT2D eigenvalue weighted by atomic mass is 10.1. The van der Waals surface area contributed by atoms with E-state index >= 15 is 0 Å². The first-order valence-corrected chi connectivity index (χ1v) is 9.40. The van der Waals surface area contributed by atoms with Crippen LogP contribution in [0.4, 0.5) is 0 Å². The van der Waals surface area contributed by atoms with Gasteiger partial charge in [0.1, 0.15) is 5.69 Å². The summed E-state index contributed by atoms with van der Waals surface area (Å²) in [5.74, 6) is -0.372. The van der Waals surface area contributed by atoms with Crippen LogP contribution in [-0.2, 0) is 10.0 Å². The minimum atomic E-state index is -3.97. The van der Waals surface area contributed by atoms with Crippen molar-refractivity contribution < 1.29 is 13.2 Å². The van der Waals surface area contributed by atoms with Crippen LogP contribution < -0.4 is 0 Å². The van der Waals surface area contributed by atoms with E-state index in [2.05, 4.69) is 4.98 Å². The summed E-state index contributed by atoms with van der Waals surface area (Å²) in [6.45, 7) is 0. The van der Waals surface area contributed by atoms with Crippen LogP contribution in [0.25, 0.3) is 11.0 Å². The molecule has 128 valence electrons. The van der Waals surface area contributed by atoms with Gasteiger partial charge >= 0.3 is 0 Å². The van der Waals surface area contributed by atoms with Crippen LogP contribution in [0.15, 0.2) is 90.0 Å². The van der Waals surface area contributed by atoms with E-state index in [0.717, 1.165) is 3.97 Å². The van der Waals surface area contributed by atoms with Crippen molar-refractivity contribution in [1.82, 2.24) is 8.96 Å². The van der Waals surface area contributed by atoms with E-state index in [0.29, 0.717) is 10.9 Å². The Morgan fingerprint density at radius 1 is 0.846 bits per heavy atom. The van der Waals surface area contributed by atoms with Gasteiger partial charge in [0.05, 0.1) is 4.90 Å². The molecule has 0 amide bonds. The Labute approximate surface area is 150 Å². The molecule has 0 atom stereocenters. The molecule has 4 aromatic rings. The summed E-state index contributed by atoms with van der Waals surface area (Å²) in [4.78, 5) is 17.3. The lowest BCUT2D eigenvalue weighted by molar-refractivity contribution is 0.103. The van der Waals surface area contributed by atoms with Crippen LogP contribution in [0.1, 0.15) is 16.1 Å². The summed E-state index contributed by atoms with van der Waals surface area (Å²) in [5.41, 5.74) is 0.712. The Bertz CT molecular complexity index is 1200. The van der Waals surface area contributed by atoms with Gasteiger partial charge in [0, 0.05) is 17.1 Å². The van der Waals surface area contributed by atoms with Gasteiger partial charge < -0.3 is 0 Å². The van der Waals surface area contributed by atoms with Crippen LogP contribution in [0.2, 0.25) is 0 Å². The van der Waals surface area contributed by atoms with Gasteiger partial charge in [0.15, 0.2) is 5.65 Å². The minimum Gasteiger partial charge on any atom is -0.287 e. The number of carbonyl (C=O) groups is 1. The molecule has 2 aromatic heterocycles. The fourth-order valence-electron chi connectivity index (χ4n) is 2.85. The largest absolute Gasteiger partial charge is 0.287 e. The highest BCUT2D eigenvalue weighted by Gasteiger charge is 2.27. The highest BCUT2D eigenvalue weighted by Crippen LogP contribution is 2.26. The molecule has 4 rings (SSSR count). The molecule has 2 heterocycles. The highest BCUT2D eigenvalue weighted by molar-refractivity contribution is 7.90. The zero-order valence-corrected chi connectivity index (χ0v) is 14.4. The average Bonchev–Trinajstić information content (AvgIpc) is 3.09. The molecule has 0 saturated carbocycles. The summed E-state index contributed by atoms with van der Waals surface area (Å²) in [5, 5.41) is 0.589. The smallest absolute Gasteiger partial charge is 0.270 e. The molecular weight excluding hydrogens is 348 g/mol. The number of carbonyl (C=O) groups excluding carboxylic acids is 1. The number of fused-ring (bicyclic) bond motifs is 1. The molecule has 5 nitrogen and oxygen atoms in total. The number of benzene rings is 2. The van der Waals surface area contributed by atoms with Gasteiger partial charge in [0.2, 0.25) is 5.78 Å². The maximum atomic E-state index is 13.2. The molecule has 0 bridgehead atoms. The Kier molecular flexibility index (Phi) is 3.89. The lowest BCUT2D eigenvalue weighted by Gasteiger charge is -2.11. The average molecular weight is 362 g/mol. The maximum absolute atomic E-state index is 13.2. The quantitative estimate of drug-likeness (QED) is 0.521. The predicted molar refractivity (Wildman–Crippen MR) is 98.6 cm³/mol. The molecule has 0 aliphatic heterocycles. The first-order chi connectivity index (χ1) is 12.6. The summed E-state index contributed by atoms with van der Waals surface area (Å²) in [6.07, 6.45) is 1.51. The molecule has 0 fully saturated rings. The molecule has 26 heavy (non-hydrogen) atoms. The standard InChI is InChI=1S/C20H14N2O3S/c23-19(15-8-3-1-4-9-15)18-14-16-10-7-13-21-20(16)22(18)26(24,25)17-11-5-2-6-12-17/h1-14H. The van der Waals surface area contributed by atoms with E-state index in [1.54, 1.807) is 66.7 Å². The van der Waals surface area contributed by atoms with Gasteiger partial charge in [-0.1, -0.05) is 48.5 Å². The van der Waals surface area contributed by atoms with Crippen molar-refractivity contribution in [2.75, 3.05) is 0 Å². The third-order valence-corrected chi connectivity index (χ3v) is 5.79. The third kappa shape index (κ3) is 2.60. The van der Waals surface area contributed by atoms with Crippen molar-refractivity contribution in [2.24, 2.45) is 0 Å². The Morgan fingerprint density at radius 3 is 2.19 bits per heavy atom. The van der Waals surface area contributed by atoms with E-state index in [1.165, 1.54) is 18.3 Å². The van der Waals surface area contributed by atoms with Crippen LogP contribution in [0, 0.1) is 0 Å². The molecule has 0 saturated heterocycles. The molecule has 0 unspecified atom stereocenters. The fraction of sp³-hybridized carbons (Fsp3) is 0. The first-order valence-electron chi connectivity index (χ1n) is 7.96. The molecule has 0 spiro atoms. The van der Waals surface area contributed by atoms with Crippen molar-refractivity contribution in [3.8, 4) is 0 Å². The zero-order chi connectivity index (χ0) is 18.1. The summed E-state index contributed by atoms with van der Waals surface area (Å²) < 4.78 is 27.5. The van der Waals surface area contributed by atoms with Gasteiger partial charge in [-0.2, -0.15) is 0 Å². The predicted octanol–water partition coefficient (Wildman–Crippen LogP) is 3.50. The first kappa shape index (κ1) is 16.2. The Balaban J connectivity index is 2.01. The minimum absolute atomic E-state index is 0.0637. The normalized spacial score (nSPS) is 11.5. The number of hydrogen-bond donors (Lipinski definition) is 0. The van der Waals surface area contributed by atoms with Crippen LogP contribution in [-0.4, -0.2) is 23.2 Å². The number of aromatic nitrogens is 2. The molecule has 6 heteroatoms. The van der Waals surface area contributed by atoms with Crippen molar-refractivity contribution in [3.63, 3.8) is 0 Å². The van der Waals surface area contributed by atoms with Gasteiger partial charge in [-0.25, -0.2) is 17.4 Å². The van der Waals surface area contributed by atoms with E-state index in [1.807, 2.05) is 0 Å². The van der Waals surface area contributed by atoms with Crippen LogP contribution in [0.5, 0.6) is 0 Å².